The zero-order chi connectivity index (χ0) is 41.4. The number of benzene rings is 3. The number of likely N-dealkylation sites (tertiary alicyclic amines) is 1. The van der Waals surface area contributed by atoms with Gasteiger partial charge in [0, 0.05) is 54.8 Å². The van der Waals surface area contributed by atoms with Crippen LogP contribution >= 0.6 is 11.6 Å². The van der Waals surface area contributed by atoms with Gasteiger partial charge >= 0.3 is 0 Å². The highest BCUT2D eigenvalue weighted by atomic mass is 35.5. The molecule has 0 bridgehead atoms. The van der Waals surface area contributed by atoms with Crippen molar-refractivity contribution in [3.05, 3.63) is 118 Å². The first-order valence-electron chi connectivity index (χ1n) is 20.5. The van der Waals surface area contributed by atoms with Crippen LogP contribution in [0.5, 0.6) is 0 Å². The van der Waals surface area contributed by atoms with Gasteiger partial charge in [-0.15, -0.1) is 0 Å². The van der Waals surface area contributed by atoms with E-state index in [0.29, 0.717) is 28.3 Å². The summed E-state index contributed by atoms with van der Waals surface area (Å²) in [7, 11) is 4.07. The van der Waals surface area contributed by atoms with E-state index >= 15 is 0 Å². The lowest BCUT2D eigenvalue weighted by Gasteiger charge is -2.31. The molecule has 2 saturated heterocycles. The summed E-state index contributed by atoms with van der Waals surface area (Å²) < 4.78 is 26.4. The third-order valence-corrected chi connectivity index (χ3v) is 11.0. The summed E-state index contributed by atoms with van der Waals surface area (Å²) in [6, 6.07) is 15.1. The molecule has 0 radical (unpaired) electrons. The average molecular weight is 811 g/mol. The van der Waals surface area contributed by atoms with E-state index in [0.717, 1.165) is 82.0 Å². The summed E-state index contributed by atoms with van der Waals surface area (Å²) in [6.45, 7) is 15.0. The monoisotopic (exact) mass is 810 g/mol. The van der Waals surface area contributed by atoms with E-state index in [1.807, 2.05) is 19.2 Å². The number of allylic oxidation sites excluding steroid dienone is 5. The highest BCUT2D eigenvalue weighted by Crippen LogP contribution is 2.46. The fourth-order valence-electron chi connectivity index (χ4n) is 7.12. The Bertz CT molecular complexity index is 2070. The molecule has 0 unspecified atom stereocenters. The van der Waals surface area contributed by atoms with E-state index < -0.39 is 5.82 Å². The first-order valence-corrected chi connectivity index (χ1v) is 20.9. The standard InChI is InChI=1S/C28H32ClFN4O.C16H22N2O.C3H6O/c1-20-8-11-26-25(16-20)32-27(33(26)3)18-34-14-12-21(13-15-34)6-4-5-7-28(31-2)35-19-22-9-10-23(29)17-24(22)30;1-4-5-11(2)14-8-13(18-10-19)9-15(12-6-7-12)16(14)17-3;1-2-4-3-1/h4-5,7-11,16-17,21H,2,6,12-15,18-19H2,1,3H3;5,8-10,12,17H,4,6-7H2,1-3H3,(H,18,19);1-3H2/b5-4-,28-7+;11-5+;. The topological polar surface area (TPSA) is 93.0 Å². The second-order valence-corrected chi connectivity index (χ2v) is 15.6. The lowest BCUT2D eigenvalue weighted by molar-refractivity contribution is -0.105. The summed E-state index contributed by atoms with van der Waals surface area (Å²) in [5, 5.41) is 6.48. The number of aromatic nitrogens is 2. The largest absolute Gasteiger partial charge is 0.473 e. The molecule has 0 spiro atoms. The first kappa shape index (κ1) is 44.3. The van der Waals surface area contributed by atoms with Crippen molar-refractivity contribution in [2.45, 2.75) is 84.8 Å². The van der Waals surface area contributed by atoms with Gasteiger partial charge < -0.3 is 24.7 Å². The van der Waals surface area contributed by atoms with Crippen LogP contribution in [-0.4, -0.2) is 60.9 Å². The molecule has 3 fully saturated rings. The molecule has 2 aliphatic heterocycles. The van der Waals surface area contributed by atoms with Crippen molar-refractivity contribution in [3.63, 3.8) is 0 Å². The van der Waals surface area contributed by atoms with Crippen molar-refractivity contribution in [1.29, 1.82) is 0 Å². The van der Waals surface area contributed by atoms with Crippen LogP contribution in [0.25, 0.3) is 16.6 Å². The Morgan fingerprint density at radius 1 is 1.12 bits per heavy atom. The molecule has 1 aromatic heterocycles. The summed E-state index contributed by atoms with van der Waals surface area (Å²) in [6.07, 6.45) is 16.9. The zero-order valence-electron chi connectivity index (χ0n) is 34.8. The Kier molecular flexibility index (Phi) is 17.1. The van der Waals surface area contributed by atoms with E-state index in [9.17, 15) is 9.18 Å². The van der Waals surface area contributed by atoms with Gasteiger partial charge in [0.1, 0.15) is 18.2 Å². The summed E-state index contributed by atoms with van der Waals surface area (Å²) in [4.78, 5) is 21.9. The van der Waals surface area contributed by atoms with E-state index in [4.69, 9.17) is 26.1 Å². The van der Waals surface area contributed by atoms with Gasteiger partial charge in [-0.3, -0.25) is 9.69 Å². The first-order chi connectivity index (χ1) is 28.1. The normalized spacial score (nSPS) is 16.2. The quantitative estimate of drug-likeness (QED) is 0.0538. The molecule has 2 N–H and O–H groups in total. The summed E-state index contributed by atoms with van der Waals surface area (Å²) in [5.74, 6) is 2.39. The van der Waals surface area contributed by atoms with Crippen LogP contribution in [0.3, 0.4) is 0 Å². The van der Waals surface area contributed by atoms with Crippen molar-refractivity contribution in [2.24, 2.45) is 18.0 Å². The van der Waals surface area contributed by atoms with Crippen molar-refractivity contribution < 1.29 is 18.7 Å². The van der Waals surface area contributed by atoms with Crippen LogP contribution in [0.1, 0.15) is 92.8 Å². The van der Waals surface area contributed by atoms with Crippen LogP contribution in [0, 0.1) is 18.7 Å². The van der Waals surface area contributed by atoms with Gasteiger partial charge in [0.25, 0.3) is 0 Å². The molecule has 58 heavy (non-hydrogen) atoms. The molecule has 1 aliphatic carbocycles. The van der Waals surface area contributed by atoms with Crippen molar-refractivity contribution in [3.8, 4) is 0 Å². The van der Waals surface area contributed by atoms with Gasteiger partial charge in [0.15, 0.2) is 0 Å². The predicted octanol–water partition coefficient (Wildman–Crippen LogP) is 11.0. The van der Waals surface area contributed by atoms with Crippen LogP contribution < -0.4 is 10.6 Å². The Morgan fingerprint density at radius 3 is 2.48 bits per heavy atom. The van der Waals surface area contributed by atoms with Crippen LogP contribution in [-0.2, 0) is 34.5 Å². The molecule has 3 aliphatic rings. The molecule has 3 heterocycles. The van der Waals surface area contributed by atoms with Crippen LogP contribution in [0.4, 0.5) is 15.8 Å². The number of piperidine rings is 1. The molecular formula is C47H60ClFN6O3. The molecule has 1 amide bonds. The van der Waals surface area contributed by atoms with Gasteiger partial charge in [0.05, 0.1) is 17.6 Å². The second kappa shape index (κ2) is 22.4. The minimum absolute atomic E-state index is 0.0747. The third-order valence-electron chi connectivity index (χ3n) is 10.8. The minimum atomic E-state index is -0.394. The van der Waals surface area contributed by atoms with E-state index in [1.165, 1.54) is 58.8 Å². The second-order valence-electron chi connectivity index (χ2n) is 15.2. The smallest absolute Gasteiger partial charge is 0.212 e. The van der Waals surface area contributed by atoms with Crippen LogP contribution in [0.15, 0.2) is 83.7 Å². The molecule has 3 aromatic carbocycles. The number of nitrogens with one attached hydrogen (secondary N) is 2. The van der Waals surface area contributed by atoms with E-state index in [2.05, 4.69) is 96.0 Å². The maximum absolute atomic E-state index is 13.9. The Hall–Kier alpha value is -4.77. The summed E-state index contributed by atoms with van der Waals surface area (Å²) in [5.41, 5.74) is 9.79. The fourth-order valence-corrected chi connectivity index (χ4v) is 7.28. The highest BCUT2D eigenvalue weighted by Gasteiger charge is 2.28. The number of hydrogen-bond acceptors (Lipinski definition) is 7. The predicted molar refractivity (Wildman–Crippen MR) is 238 cm³/mol. The number of nitrogens with zero attached hydrogens (tertiary/aromatic N) is 4. The number of amides is 1. The van der Waals surface area contributed by atoms with Gasteiger partial charge in [-0.25, -0.2) is 14.4 Å². The lowest BCUT2D eigenvalue weighted by Crippen LogP contribution is -2.33. The Balaban J connectivity index is 0.000000231. The number of imidazole rings is 1. The van der Waals surface area contributed by atoms with Gasteiger partial charge in [-0.05, 0) is 150 Å². The number of aryl methyl sites for hydroxylation is 2. The molecule has 7 rings (SSSR count). The third kappa shape index (κ3) is 12.9. The van der Waals surface area contributed by atoms with Crippen molar-refractivity contribution >= 4 is 52.7 Å². The number of rotatable bonds is 15. The molecule has 310 valence electrons. The number of ether oxygens (including phenoxy) is 2. The van der Waals surface area contributed by atoms with E-state index in [1.54, 1.807) is 18.2 Å². The Morgan fingerprint density at radius 2 is 1.86 bits per heavy atom. The molecule has 4 aromatic rings. The highest BCUT2D eigenvalue weighted by molar-refractivity contribution is 6.30. The average Bonchev–Trinajstić information content (AvgIpc) is 3.99. The SMILES string of the molecule is C1COC1.C=N/C(=C\C=C/CC1CCN(Cc2nc3cc(C)ccc3n2C)CC1)OCc1ccc(Cl)cc1F.CC/C=C(\C)c1cc(NC=O)cc(C2CC2)c1NC. The molecule has 9 nitrogen and oxygen atoms in total. The molecular weight excluding hydrogens is 751 g/mol. The summed E-state index contributed by atoms with van der Waals surface area (Å²) >= 11 is 5.79. The number of hydrogen-bond donors (Lipinski definition) is 2. The number of halogens is 2. The number of anilines is 2. The Labute approximate surface area is 349 Å². The van der Waals surface area contributed by atoms with E-state index in [-0.39, 0.29) is 6.61 Å². The minimum Gasteiger partial charge on any atom is -0.473 e. The van der Waals surface area contributed by atoms with Crippen molar-refractivity contribution in [1.82, 2.24) is 14.5 Å². The number of carbonyl (C=O) groups excluding carboxylic acids is 1. The van der Waals surface area contributed by atoms with Gasteiger partial charge in [0.2, 0.25) is 12.3 Å². The molecule has 0 atom stereocenters. The van der Waals surface area contributed by atoms with Gasteiger partial charge in [-0.1, -0.05) is 48.9 Å². The zero-order valence-corrected chi connectivity index (χ0v) is 35.6. The molecule has 11 heteroatoms. The van der Waals surface area contributed by atoms with Crippen molar-refractivity contribution in [2.75, 3.05) is 44.0 Å². The number of carbonyl (C=O) groups is 1. The fraction of sp³-hybridized carbons (Fsp3) is 0.426. The molecule has 1 saturated carbocycles. The number of fused-ring (bicyclic) bond motifs is 1. The lowest BCUT2D eigenvalue weighted by atomic mass is 9.93. The number of aliphatic imine (C=N–C) groups is 1. The van der Waals surface area contributed by atoms with Crippen LogP contribution in [0.2, 0.25) is 5.02 Å². The van der Waals surface area contributed by atoms with Gasteiger partial charge in [-0.2, -0.15) is 0 Å². The maximum Gasteiger partial charge on any atom is 0.212 e. The maximum atomic E-state index is 13.9.